The Balaban J connectivity index is 3.63. The van der Waals surface area contributed by atoms with Crippen LogP contribution in [0.15, 0.2) is 0 Å². The molecule has 5 nitrogen and oxygen atoms in total. The van der Waals surface area contributed by atoms with Crippen LogP contribution >= 0.6 is 0 Å². The Morgan fingerprint density at radius 1 is 0.800 bits per heavy atom. The van der Waals surface area contributed by atoms with Gasteiger partial charge in [0, 0.05) is 27.8 Å². The van der Waals surface area contributed by atoms with Crippen LogP contribution < -0.4 is 0 Å². The van der Waals surface area contributed by atoms with Crippen molar-refractivity contribution in [3.63, 3.8) is 0 Å². The van der Waals surface area contributed by atoms with Crippen molar-refractivity contribution in [3.8, 4) is 0 Å². The van der Waals surface area contributed by atoms with Crippen molar-refractivity contribution in [2.45, 2.75) is 64.7 Å². The van der Waals surface area contributed by atoms with Crippen LogP contribution in [0.3, 0.4) is 0 Å². The van der Waals surface area contributed by atoms with Crippen LogP contribution in [0, 0.1) is 0 Å². The molecule has 0 heterocycles. The lowest BCUT2D eigenvalue weighted by Crippen LogP contribution is -2.48. The summed E-state index contributed by atoms with van der Waals surface area (Å²) in [5.41, 5.74) is 0. The average molecular weight is 306 g/mol. The molecule has 0 bridgehead atoms. The Hall–Kier alpha value is -0.433. The van der Waals surface area contributed by atoms with Crippen LogP contribution in [0.5, 0.6) is 0 Å². The third-order valence-electron chi connectivity index (χ3n) is 3.22. The lowest BCUT2D eigenvalue weighted by atomic mass is 10.1. The minimum atomic E-state index is -3.22. The summed E-state index contributed by atoms with van der Waals surface area (Å²) in [6.45, 7) is 2.22. The molecule has 6 heteroatoms. The maximum atomic E-state index is 11.7. The Kier molecular flexibility index (Phi) is 12.1. The fourth-order valence-electron chi connectivity index (χ4n) is 1.97. The summed E-state index contributed by atoms with van der Waals surface area (Å²) in [5.74, 6) is -0.312. The van der Waals surface area contributed by atoms with Crippen molar-refractivity contribution in [2.24, 2.45) is 0 Å². The molecule has 120 valence electrons. The van der Waals surface area contributed by atoms with Gasteiger partial charge in [-0.3, -0.25) is 4.79 Å². The van der Waals surface area contributed by atoms with E-state index in [0.29, 0.717) is 6.42 Å². The molecule has 0 atom stereocenters. The molecule has 0 aliphatic heterocycles. The van der Waals surface area contributed by atoms with E-state index in [9.17, 15) is 4.79 Å². The quantitative estimate of drug-likeness (QED) is 0.385. The molecule has 0 saturated heterocycles. The SMILES string of the molecule is CCCCCCCCCCC(=O)O[Si](OC)(OC)OC. The molecule has 0 saturated carbocycles. The predicted octanol–water partition coefficient (Wildman–Crippen LogP) is 3.44. The first-order valence-corrected chi connectivity index (χ1v) is 9.14. The lowest BCUT2D eigenvalue weighted by molar-refractivity contribution is -0.143. The molecule has 0 fully saturated rings. The van der Waals surface area contributed by atoms with E-state index in [4.69, 9.17) is 17.7 Å². The van der Waals surface area contributed by atoms with Gasteiger partial charge in [0.15, 0.2) is 0 Å². The average Bonchev–Trinajstić information content (AvgIpc) is 2.47. The van der Waals surface area contributed by atoms with Gasteiger partial charge >= 0.3 is 9.05 Å². The smallest absolute Gasteiger partial charge is 0.452 e. The highest BCUT2D eigenvalue weighted by Crippen LogP contribution is 2.13. The van der Waals surface area contributed by atoms with Crippen molar-refractivity contribution in [1.82, 2.24) is 0 Å². The summed E-state index contributed by atoms with van der Waals surface area (Å²) in [6, 6.07) is 0. The largest absolute Gasteiger partial charge is 0.750 e. The number of hydrogen-bond acceptors (Lipinski definition) is 5. The molecule has 0 spiro atoms. The zero-order valence-corrected chi connectivity index (χ0v) is 14.4. The molecule has 0 N–H and O–H groups in total. The number of carbonyl (C=O) groups excluding carboxylic acids is 1. The second-order valence-corrected chi connectivity index (χ2v) is 7.24. The Morgan fingerprint density at radius 2 is 1.25 bits per heavy atom. The van der Waals surface area contributed by atoms with Crippen molar-refractivity contribution in [2.75, 3.05) is 21.3 Å². The molecule has 0 unspecified atom stereocenters. The third kappa shape index (κ3) is 8.68. The topological polar surface area (TPSA) is 54.0 Å². The molecule has 20 heavy (non-hydrogen) atoms. The minimum absolute atomic E-state index is 0.312. The van der Waals surface area contributed by atoms with Crippen molar-refractivity contribution < 1.29 is 22.5 Å². The normalized spacial score (nSPS) is 11.6. The van der Waals surface area contributed by atoms with E-state index in [1.54, 1.807) is 0 Å². The van der Waals surface area contributed by atoms with Crippen LogP contribution in [-0.2, 0) is 22.5 Å². The molecule has 0 aromatic rings. The van der Waals surface area contributed by atoms with Gasteiger partial charge in [-0.25, -0.2) is 0 Å². The molecule has 0 aliphatic rings. The first kappa shape index (κ1) is 19.6. The van der Waals surface area contributed by atoms with Crippen LogP contribution in [-0.4, -0.2) is 36.3 Å². The van der Waals surface area contributed by atoms with Crippen LogP contribution in [0.2, 0.25) is 0 Å². The molecule has 0 amide bonds. The van der Waals surface area contributed by atoms with Gasteiger partial charge < -0.3 is 17.7 Å². The molecular formula is C14H30O5Si. The second-order valence-electron chi connectivity index (χ2n) is 4.81. The highest BCUT2D eigenvalue weighted by atomic mass is 28.4. The molecule has 0 aromatic carbocycles. The summed E-state index contributed by atoms with van der Waals surface area (Å²) in [4.78, 5) is 11.7. The fourth-order valence-corrected chi connectivity index (χ4v) is 3.10. The number of hydrogen-bond donors (Lipinski definition) is 0. The lowest BCUT2D eigenvalue weighted by Gasteiger charge is -2.22. The zero-order valence-electron chi connectivity index (χ0n) is 13.4. The van der Waals surface area contributed by atoms with Gasteiger partial charge in [0.05, 0.1) is 0 Å². The summed E-state index contributed by atoms with van der Waals surface area (Å²) in [7, 11) is 1.04. The van der Waals surface area contributed by atoms with Gasteiger partial charge in [0.2, 0.25) is 0 Å². The van der Waals surface area contributed by atoms with Crippen LogP contribution in [0.1, 0.15) is 64.7 Å². The standard InChI is InChI=1S/C14H30O5Si/c1-5-6-7-8-9-10-11-12-13-14(15)19-20(16-2,17-3)18-4/h5-13H2,1-4H3. The van der Waals surface area contributed by atoms with Gasteiger partial charge in [-0.15, -0.1) is 0 Å². The van der Waals surface area contributed by atoms with E-state index in [2.05, 4.69) is 6.92 Å². The molecule has 0 radical (unpaired) electrons. The van der Waals surface area contributed by atoms with E-state index < -0.39 is 9.05 Å². The van der Waals surface area contributed by atoms with E-state index >= 15 is 0 Å². The molecule has 0 rings (SSSR count). The molecular weight excluding hydrogens is 276 g/mol. The highest BCUT2D eigenvalue weighted by molar-refractivity contribution is 6.55. The maximum Gasteiger partial charge on any atom is 0.750 e. The first-order chi connectivity index (χ1) is 9.64. The van der Waals surface area contributed by atoms with Crippen LogP contribution in [0.25, 0.3) is 0 Å². The van der Waals surface area contributed by atoms with E-state index in [1.807, 2.05) is 0 Å². The minimum Gasteiger partial charge on any atom is -0.452 e. The third-order valence-corrected chi connectivity index (χ3v) is 5.20. The van der Waals surface area contributed by atoms with Gasteiger partial charge in [0.25, 0.3) is 5.97 Å². The number of carbonyl (C=O) groups is 1. The van der Waals surface area contributed by atoms with E-state index in [1.165, 1.54) is 59.9 Å². The second kappa shape index (κ2) is 12.3. The Morgan fingerprint density at radius 3 is 1.70 bits per heavy atom. The van der Waals surface area contributed by atoms with Crippen molar-refractivity contribution >= 4 is 15.0 Å². The summed E-state index contributed by atoms with van der Waals surface area (Å²) >= 11 is 0. The van der Waals surface area contributed by atoms with Crippen LogP contribution in [0.4, 0.5) is 0 Å². The highest BCUT2D eigenvalue weighted by Gasteiger charge is 2.46. The molecule has 0 aromatic heterocycles. The zero-order chi connectivity index (χ0) is 15.3. The monoisotopic (exact) mass is 306 g/mol. The van der Waals surface area contributed by atoms with Gasteiger partial charge in [-0.2, -0.15) is 0 Å². The van der Waals surface area contributed by atoms with Crippen molar-refractivity contribution in [3.05, 3.63) is 0 Å². The maximum absolute atomic E-state index is 11.7. The predicted molar refractivity (Wildman–Crippen MR) is 80.1 cm³/mol. The molecule has 0 aliphatic carbocycles. The number of unbranched alkanes of at least 4 members (excludes halogenated alkanes) is 7. The Labute approximate surface area is 124 Å². The summed E-state index contributed by atoms with van der Waals surface area (Å²) < 4.78 is 20.3. The number of rotatable bonds is 13. The van der Waals surface area contributed by atoms with E-state index in [0.717, 1.165) is 12.8 Å². The first-order valence-electron chi connectivity index (χ1n) is 7.51. The van der Waals surface area contributed by atoms with Gasteiger partial charge in [0.1, 0.15) is 0 Å². The fraction of sp³-hybridized carbons (Fsp3) is 0.929. The van der Waals surface area contributed by atoms with Crippen molar-refractivity contribution in [1.29, 1.82) is 0 Å². The Bertz CT molecular complexity index is 235. The summed E-state index contributed by atoms with van der Waals surface area (Å²) in [6.07, 6.45) is 9.94. The van der Waals surface area contributed by atoms with E-state index in [-0.39, 0.29) is 5.97 Å². The van der Waals surface area contributed by atoms with Gasteiger partial charge in [-0.05, 0) is 6.42 Å². The van der Waals surface area contributed by atoms with Gasteiger partial charge in [-0.1, -0.05) is 51.9 Å². The summed E-state index contributed by atoms with van der Waals surface area (Å²) in [5, 5.41) is 0.